The molecule has 6 nitrogen and oxygen atoms in total. The zero-order valence-corrected chi connectivity index (χ0v) is 13.8. The van der Waals surface area contributed by atoms with Crippen molar-refractivity contribution in [3.63, 3.8) is 0 Å². The number of oxazole rings is 1. The maximum atomic E-state index is 13.4. The number of benzene rings is 1. The molecule has 3 aromatic rings. The van der Waals surface area contributed by atoms with Crippen LogP contribution in [0.5, 0.6) is 5.75 Å². The SMILES string of the molecule is CCOc1ccc(F)cc1NC(=O)Cc1nc(-c2ccco2)oc1C. The molecular weight excluding hydrogens is 327 g/mol. The van der Waals surface area contributed by atoms with E-state index in [1.54, 1.807) is 19.1 Å². The molecule has 25 heavy (non-hydrogen) atoms. The number of furan rings is 1. The van der Waals surface area contributed by atoms with Crippen molar-refractivity contribution >= 4 is 11.6 Å². The Bertz CT molecular complexity index is 871. The average molecular weight is 344 g/mol. The summed E-state index contributed by atoms with van der Waals surface area (Å²) in [5.41, 5.74) is 0.762. The summed E-state index contributed by atoms with van der Waals surface area (Å²) in [7, 11) is 0. The fourth-order valence-corrected chi connectivity index (χ4v) is 2.33. The number of anilines is 1. The van der Waals surface area contributed by atoms with E-state index in [0.29, 0.717) is 35.5 Å². The van der Waals surface area contributed by atoms with Gasteiger partial charge in [-0.25, -0.2) is 9.37 Å². The smallest absolute Gasteiger partial charge is 0.263 e. The maximum absolute atomic E-state index is 13.4. The zero-order chi connectivity index (χ0) is 17.8. The minimum absolute atomic E-state index is 0.0158. The second kappa shape index (κ2) is 7.21. The Kier molecular flexibility index (Phi) is 4.83. The number of amides is 1. The topological polar surface area (TPSA) is 77.5 Å². The first-order valence-corrected chi connectivity index (χ1v) is 7.79. The van der Waals surface area contributed by atoms with Crippen LogP contribution in [0.25, 0.3) is 11.7 Å². The molecule has 2 heterocycles. The van der Waals surface area contributed by atoms with Crippen LogP contribution in [0.4, 0.5) is 10.1 Å². The van der Waals surface area contributed by atoms with E-state index >= 15 is 0 Å². The fraction of sp³-hybridized carbons (Fsp3) is 0.222. The molecule has 0 aliphatic carbocycles. The van der Waals surface area contributed by atoms with E-state index in [9.17, 15) is 9.18 Å². The van der Waals surface area contributed by atoms with Crippen LogP contribution in [-0.4, -0.2) is 17.5 Å². The monoisotopic (exact) mass is 344 g/mol. The number of hydrogen-bond acceptors (Lipinski definition) is 5. The first-order valence-electron chi connectivity index (χ1n) is 7.79. The molecule has 1 aromatic carbocycles. The van der Waals surface area contributed by atoms with Crippen LogP contribution in [0, 0.1) is 12.7 Å². The number of carbonyl (C=O) groups excluding carboxylic acids is 1. The molecule has 0 spiro atoms. The minimum atomic E-state index is -0.462. The first kappa shape index (κ1) is 16.8. The van der Waals surface area contributed by atoms with Crippen molar-refractivity contribution in [3.05, 3.63) is 53.9 Å². The summed E-state index contributed by atoms with van der Waals surface area (Å²) in [6.07, 6.45) is 1.50. The van der Waals surface area contributed by atoms with Crippen molar-refractivity contribution < 1.29 is 22.8 Å². The lowest BCUT2D eigenvalue weighted by molar-refractivity contribution is -0.115. The van der Waals surface area contributed by atoms with E-state index in [0.717, 1.165) is 0 Å². The Morgan fingerprint density at radius 2 is 2.20 bits per heavy atom. The highest BCUT2D eigenvalue weighted by Crippen LogP contribution is 2.26. The summed E-state index contributed by atoms with van der Waals surface area (Å²) < 4.78 is 29.6. The molecule has 0 saturated carbocycles. The van der Waals surface area contributed by atoms with Gasteiger partial charge in [0.1, 0.15) is 17.3 Å². The Morgan fingerprint density at radius 1 is 1.36 bits per heavy atom. The van der Waals surface area contributed by atoms with Crippen molar-refractivity contribution in [2.75, 3.05) is 11.9 Å². The predicted molar refractivity (Wildman–Crippen MR) is 88.8 cm³/mol. The summed E-state index contributed by atoms with van der Waals surface area (Å²) in [6.45, 7) is 3.93. The van der Waals surface area contributed by atoms with Gasteiger partial charge in [0.25, 0.3) is 5.89 Å². The molecular formula is C18H17FN2O4. The summed E-state index contributed by atoms with van der Waals surface area (Å²) in [4.78, 5) is 16.6. The largest absolute Gasteiger partial charge is 0.492 e. The molecule has 1 amide bonds. The van der Waals surface area contributed by atoms with Gasteiger partial charge in [-0.2, -0.15) is 0 Å². The molecule has 3 rings (SSSR count). The molecule has 1 N–H and O–H groups in total. The van der Waals surface area contributed by atoms with E-state index in [-0.39, 0.29) is 18.0 Å². The molecule has 0 radical (unpaired) electrons. The van der Waals surface area contributed by atoms with Gasteiger partial charge in [-0.05, 0) is 38.1 Å². The lowest BCUT2D eigenvalue weighted by atomic mass is 10.2. The molecule has 0 atom stereocenters. The second-order valence-electron chi connectivity index (χ2n) is 5.30. The molecule has 7 heteroatoms. The molecule has 0 unspecified atom stereocenters. The number of hydrogen-bond donors (Lipinski definition) is 1. The molecule has 0 saturated heterocycles. The molecule has 2 aromatic heterocycles. The van der Waals surface area contributed by atoms with Gasteiger partial charge in [0, 0.05) is 6.07 Å². The Labute approximate surface area is 143 Å². The zero-order valence-electron chi connectivity index (χ0n) is 13.8. The third kappa shape index (κ3) is 3.88. The molecule has 0 bridgehead atoms. The number of aryl methyl sites for hydroxylation is 1. The molecule has 130 valence electrons. The number of nitrogens with one attached hydrogen (secondary N) is 1. The van der Waals surface area contributed by atoms with Crippen molar-refractivity contribution in [2.45, 2.75) is 20.3 Å². The molecule has 0 aliphatic rings. The highest BCUT2D eigenvalue weighted by Gasteiger charge is 2.17. The van der Waals surface area contributed by atoms with Crippen LogP contribution >= 0.6 is 0 Å². The third-order valence-electron chi connectivity index (χ3n) is 3.47. The quantitative estimate of drug-likeness (QED) is 0.732. The van der Waals surface area contributed by atoms with Gasteiger partial charge >= 0.3 is 0 Å². The lowest BCUT2D eigenvalue weighted by Crippen LogP contribution is -2.16. The fourth-order valence-electron chi connectivity index (χ4n) is 2.33. The summed E-state index contributed by atoms with van der Waals surface area (Å²) in [5, 5.41) is 2.65. The number of carbonyl (C=O) groups is 1. The average Bonchev–Trinajstić information content (AvgIpc) is 3.21. The first-order chi connectivity index (χ1) is 12.1. The van der Waals surface area contributed by atoms with Crippen LogP contribution in [0.2, 0.25) is 0 Å². The Hall–Kier alpha value is -3.09. The number of nitrogens with zero attached hydrogens (tertiary/aromatic N) is 1. The lowest BCUT2D eigenvalue weighted by Gasteiger charge is -2.11. The minimum Gasteiger partial charge on any atom is -0.492 e. The van der Waals surface area contributed by atoms with Gasteiger partial charge in [-0.3, -0.25) is 4.79 Å². The van der Waals surface area contributed by atoms with Crippen molar-refractivity contribution in [3.8, 4) is 17.4 Å². The van der Waals surface area contributed by atoms with Crippen LogP contribution in [-0.2, 0) is 11.2 Å². The number of ether oxygens (including phenoxy) is 1. The van der Waals surface area contributed by atoms with Gasteiger partial charge < -0.3 is 18.9 Å². The maximum Gasteiger partial charge on any atom is 0.263 e. The van der Waals surface area contributed by atoms with Crippen LogP contribution in [0.3, 0.4) is 0 Å². The highest BCUT2D eigenvalue weighted by molar-refractivity contribution is 5.93. The normalized spacial score (nSPS) is 10.7. The Balaban J connectivity index is 1.74. The van der Waals surface area contributed by atoms with E-state index in [2.05, 4.69) is 10.3 Å². The second-order valence-corrected chi connectivity index (χ2v) is 5.30. The van der Waals surface area contributed by atoms with Crippen molar-refractivity contribution in [1.29, 1.82) is 0 Å². The van der Waals surface area contributed by atoms with Crippen molar-refractivity contribution in [2.24, 2.45) is 0 Å². The van der Waals surface area contributed by atoms with E-state index < -0.39 is 5.82 Å². The van der Waals surface area contributed by atoms with Gasteiger partial charge in [0.15, 0.2) is 5.76 Å². The highest BCUT2D eigenvalue weighted by atomic mass is 19.1. The van der Waals surface area contributed by atoms with Gasteiger partial charge in [0.05, 0.1) is 30.7 Å². The molecule has 0 fully saturated rings. The summed E-state index contributed by atoms with van der Waals surface area (Å²) in [6, 6.07) is 7.41. The van der Waals surface area contributed by atoms with E-state index in [1.807, 2.05) is 6.92 Å². The standard InChI is InChI=1S/C18H17FN2O4/c1-3-23-15-7-6-12(19)9-14(15)20-17(22)10-13-11(2)25-18(21-13)16-5-4-8-24-16/h4-9H,3,10H2,1-2H3,(H,20,22). The number of aromatic nitrogens is 1. The third-order valence-corrected chi connectivity index (χ3v) is 3.47. The molecule has 0 aliphatic heterocycles. The Morgan fingerprint density at radius 3 is 2.92 bits per heavy atom. The van der Waals surface area contributed by atoms with E-state index in [4.69, 9.17) is 13.6 Å². The van der Waals surface area contributed by atoms with Crippen LogP contribution < -0.4 is 10.1 Å². The number of halogens is 1. The number of rotatable bonds is 6. The van der Waals surface area contributed by atoms with Gasteiger partial charge in [-0.1, -0.05) is 0 Å². The summed E-state index contributed by atoms with van der Waals surface area (Å²) >= 11 is 0. The van der Waals surface area contributed by atoms with E-state index in [1.165, 1.54) is 24.5 Å². The van der Waals surface area contributed by atoms with Crippen LogP contribution in [0.15, 0.2) is 45.4 Å². The van der Waals surface area contributed by atoms with Crippen molar-refractivity contribution in [1.82, 2.24) is 4.98 Å². The summed E-state index contributed by atoms with van der Waals surface area (Å²) in [5.74, 6) is 0.909. The van der Waals surface area contributed by atoms with Gasteiger partial charge in [0.2, 0.25) is 5.91 Å². The van der Waals surface area contributed by atoms with Crippen LogP contribution in [0.1, 0.15) is 18.4 Å². The van der Waals surface area contributed by atoms with Gasteiger partial charge in [-0.15, -0.1) is 0 Å². The predicted octanol–water partition coefficient (Wildman–Crippen LogP) is 3.96.